The number of ether oxygens (including phenoxy) is 1. The fourth-order valence-corrected chi connectivity index (χ4v) is 3.79. The molecule has 100 valence electrons. The van der Waals surface area contributed by atoms with Gasteiger partial charge in [0.25, 0.3) is 0 Å². The Morgan fingerprint density at radius 2 is 2.06 bits per heavy atom. The van der Waals surface area contributed by atoms with E-state index in [0.29, 0.717) is 0 Å². The summed E-state index contributed by atoms with van der Waals surface area (Å²) in [6.45, 7) is 5.42. The van der Waals surface area contributed by atoms with Crippen LogP contribution in [0.1, 0.15) is 20.8 Å². The molecular formula is C10H19NO5S. The van der Waals surface area contributed by atoms with E-state index in [1.807, 2.05) is 0 Å². The Kier molecular flexibility index (Phi) is 4.37. The summed E-state index contributed by atoms with van der Waals surface area (Å²) >= 11 is 0. The molecule has 1 fully saturated rings. The zero-order valence-electron chi connectivity index (χ0n) is 10.3. The van der Waals surface area contributed by atoms with Crippen molar-refractivity contribution in [1.29, 1.82) is 0 Å². The minimum absolute atomic E-state index is 0.203. The number of aliphatic hydroxyl groups is 1. The summed E-state index contributed by atoms with van der Waals surface area (Å²) in [4.78, 5) is 13.0. The van der Waals surface area contributed by atoms with E-state index in [-0.39, 0.29) is 24.2 Å². The molecule has 0 saturated carbocycles. The summed E-state index contributed by atoms with van der Waals surface area (Å²) in [5, 5.41) is 9.73. The second-order valence-corrected chi connectivity index (χ2v) is 6.57. The van der Waals surface area contributed by atoms with Crippen LogP contribution in [0.4, 0.5) is 4.79 Å². The highest BCUT2D eigenvalue weighted by atomic mass is 32.2. The van der Waals surface area contributed by atoms with Gasteiger partial charge in [0.2, 0.25) is 0 Å². The second kappa shape index (κ2) is 5.22. The van der Waals surface area contributed by atoms with Crippen molar-refractivity contribution >= 4 is 15.9 Å². The van der Waals surface area contributed by atoms with Crippen molar-refractivity contribution in [2.24, 2.45) is 0 Å². The van der Waals surface area contributed by atoms with Gasteiger partial charge in [-0.1, -0.05) is 0 Å². The van der Waals surface area contributed by atoms with Crippen molar-refractivity contribution in [2.45, 2.75) is 39.0 Å². The molecule has 6 nitrogen and oxygen atoms in total. The van der Waals surface area contributed by atoms with Crippen LogP contribution in [0.25, 0.3) is 0 Å². The fraction of sp³-hybridized carbons (Fsp3) is 0.900. The maximum Gasteiger partial charge on any atom is 0.410 e. The molecule has 0 aromatic heterocycles. The lowest BCUT2D eigenvalue weighted by Gasteiger charge is -2.32. The van der Waals surface area contributed by atoms with Crippen LogP contribution in [0.3, 0.4) is 0 Å². The number of rotatable bonds is 3. The molecule has 1 rings (SSSR count). The van der Waals surface area contributed by atoms with Gasteiger partial charge < -0.3 is 9.84 Å². The molecule has 0 aromatic carbocycles. The Labute approximate surface area is 101 Å². The molecule has 0 bridgehead atoms. The zero-order chi connectivity index (χ0) is 13.2. The van der Waals surface area contributed by atoms with Crippen LogP contribution in [0.15, 0.2) is 0 Å². The van der Waals surface area contributed by atoms with Crippen LogP contribution in [-0.2, 0) is 14.6 Å². The molecule has 1 saturated heterocycles. The predicted molar refractivity (Wildman–Crippen MR) is 62.4 cm³/mol. The Morgan fingerprint density at radius 3 is 2.41 bits per heavy atom. The molecule has 17 heavy (non-hydrogen) atoms. The maximum atomic E-state index is 11.7. The van der Waals surface area contributed by atoms with Gasteiger partial charge in [0.15, 0.2) is 9.84 Å². The number of carbonyl (C=O) groups is 1. The lowest BCUT2D eigenvalue weighted by molar-refractivity contribution is 0.0425. The largest absolute Gasteiger partial charge is 0.450 e. The number of sulfone groups is 1. The minimum Gasteiger partial charge on any atom is -0.450 e. The van der Waals surface area contributed by atoms with Crippen molar-refractivity contribution in [3.8, 4) is 0 Å². The summed E-state index contributed by atoms with van der Waals surface area (Å²) in [6, 6.07) is -0.930. The lowest BCUT2D eigenvalue weighted by atomic mass is 10.1. The topological polar surface area (TPSA) is 83.9 Å². The summed E-state index contributed by atoms with van der Waals surface area (Å²) in [5.74, 6) is -0.495. The molecule has 0 unspecified atom stereocenters. The highest BCUT2D eigenvalue weighted by Crippen LogP contribution is 2.21. The standard InChI is InChI=1S/C10H19NO5S/c1-4-16-10(13)11(7(2)3)8-5-17(14,15)6-9(8)12/h7-9,12H,4-6H2,1-3H3/t8-,9-/m0/s1. The van der Waals surface area contributed by atoms with Gasteiger partial charge in [0, 0.05) is 6.04 Å². The number of hydrogen-bond donors (Lipinski definition) is 1. The molecule has 0 radical (unpaired) electrons. The van der Waals surface area contributed by atoms with E-state index in [0.717, 1.165) is 0 Å². The van der Waals surface area contributed by atoms with E-state index >= 15 is 0 Å². The summed E-state index contributed by atoms with van der Waals surface area (Å²) in [5.41, 5.74) is 0. The van der Waals surface area contributed by atoms with Gasteiger partial charge >= 0.3 is 6.09 Å². The van der Waals surface area contributed by atoms with Crippen molar-refractivity contribution in [3.63, 3.8) is 0 Å². The average Bonchev–Trinajstić information content (AvgIpc) is 2.40. The molecule has 2 atom stereocenters. The Morgan fingerprint density at radius 1 is 1.47 bits per heavy atom. The highest BCUT2D eigenvalue weighted by Gasteiger charge is 2.43. The quantitative estimate of drug-likeness (QED) is 0.777. The van der Waals surface area contributed by atoms with Gasteiger partial charge in [0.05, 0.1) is 30.3 Å². The van der Waals surface area contributed by atoms with E-state index in [1.165, 1.54) is 4.90 Å². The molecule has 1 amide bonds. The number of carbonyl (C=O) groups excluding carboxylic acids is 1. The van der Waals surface area contributed by atoms with Crippen molar-refractivity contribution in [3.05, 3.63) is 0 Å². The van der Waals surface area contributed by atoms with E-state index in [2.05, 4.69) is 0 Å². The first kappa shape index (κ1) is 14.2. The second-order valence-electron chi connectivity index (χ2n) is 4.41. The van der Waals surface area contributed by atoms with Gasteiger partial charge in [-0.15, -0.1) is 0 Å². The number of hydrogen-bond acceptors (Lipinski definition) is 5. The fourth-order valence-electron chi connectivity index (χ4n) is 2.00. The highest BCUT2D eigenvalue weighted by molar-refractivity contribution is 7.91. The van der Waals surface area contributed by atoms with Gasteiger partial charge in [-0.05, 0) is 20.8 Å². The SMILES string of the molecule is CCOC(=O)N(C(C)C)[C@H]1CS(=O)(=O)C[C@@H]1O. The van der Waals surface area contributed by atoms with Crippen molar-refractivity contribution in [2.75, 3.05) is 18.1 Å². The molecule has 1 N–H and O–H groups in total. The lowest BCUT2D eigenvalue weighted by Crippen LogP contribution is -2.50. The Balaban J connectivity index is 2.89. The number of aliphatic hydroxyl groups excluding tert-OH is 1. The normalized spacial score (nSPS) is 27.1. The summed E-state index contributed by atoms with van der Waals surface area (Å²) in [6.07, 6.45) is -1.62. The molecule has 1 aliphatic rings. The van der Waals surface area contributed by atoms with E-state index < -0.39 is 28.1 Å². The molecular weight excluding hydrogens is 246 g/mol. The molecule has 1 aliphatic heterocycles. The van der Waals surface area contributed by atoms with Crippen LogP contribution < -0.4 is 0 Å². The van der Waals surface area contributed by atoms with Crippen LogP contribution in [0.2, 0.25) is 0 Å². The van der Waals surface area contributed by atoms with Gasteiger partial charge in [0.1, 0.15) is 0 Å². The van der Waals surface area contributed by atoms with Crippen LogP contribution in [-0.4, -0.2) is 60.8 Å². The van der Waals surface area contributed by atoms with E-state index in [1.54, 1.807) is 20.8 Å². The monoisotopic (exact) mass is 265 g/mol. The summed E-state index contributed by atoms with van der Waals surface area (Å²) in [7, 11) is -3.27. The van der Waals surface area contributed by atoms with Crippen molar-refractivity contribution < 1.29 is 23.1 Å². The van der Waals surface area contributed by atoms with Crippen LogP contribution >= 0.6 is 0 Å². The Hall–Kier alpha value is -0.820. The van der Waals surface area contributed by atoms with Gasteiger partial charge in [-0.3, -0.25) is 4.90 Å². The van der Waals surface area contributed by atoms with Crippen LogP contribution in [0, 0.1) is 0 Å². The first-order chi connectivity index (χ1) is 7.78. The molecule has 7 heteroatoms. The zero-order valence-corrected chi connectivity index (χ0v) is 11.1. The van der Waals surface area contributed by atoms with E-state index in [4.69, 9.17) is 4.74 Å². The van der Waals surface area contributed by atoms with Crippen LogP contribution in [0.5, 0.6) is 0 Å². The molecule has 0 spiro atoms. The third-order valence-electron chi connectivity index (χ3n) is 2.69. The Bertz CT molecular complexity index is 378. The van der Waals surface area contributed by atoms with E-state index in [9.17, 15) is 18.3 Å². The number of amides is 1. The number of nitrogens with zero attached hydrogens (tertiary/aromatic N) is 1. The third kappa shape index (κ3) is 3.32. The molecule has 0 aliphatic carbocycles. The van der Waals surface area contributed by atoms with Gasteiger partial charge in [-0.2, -0.15) is 0 Å². The third-order valence-corrected chi connectivity index (χ3v) is 4.38. The van der Waals surface area contributed by atoms with Gasteiger partial charge in [-0.25, -0.2) is 13.2 Å². The summed E-state index contributed by atoms with van der Waals surface area (Å²) < 4.78 is 27.7. The predicted octanol–water partition coefficient (Wildman–Crippen LogP) is 0.0112. The smallest absolute Gasteiger partial charge is 0.410 e. The first-order valence-electron chi connectivity index (χ1n) is 5.62. The molecule has 1 heterocycles. The average molecular weight is 265 g/mol. The molecule has 0 aromatic rings. The van der Waals surface area contributed by atoms with Crippen molar-refractivity contribution in [1.82, 2.24) is 4.90 Å². The first-order valence-corrected chi connectivity index (χ1v) is 7.44. The minimum atomic E-state index is -3.27. The maximum absolute atomic E-state index is 11.7.